The molecule has 0 aromatic heterocycles. The summed E-state index contributed by atoms with van der Waals surface area (Å²) in [5.41, 5.74) is -0.807. The molecule has 0 unspecified atom stereocenters. The van der Waals surface area contributed by atoms with Crippen molar-refractivity contribution in [2.24, 2.45) is 0 Å². The molecule has 8 heteroatoms. The number of aryl methyl sites for hydroxylation is 1. The van der Waals surface area contributed by atoms with E-state index in [0.717, 1.165) is 6.92 Å². The zero-order valence-electron chi connectivity index (χ0n) is 10.5. The van der Waals surface area contributed by atoms with Gasteiger partial charge in [0.25, 0.3) is 11.4 Å². The Hall–Kier alpha value is -2.51. The highest BCUT2D eigenvalue weighted by molar-refractivity contribution is 5.94. The molecule has 19 heavy (non-hydrogen) atoms. The van der Waals surface area contributed by atoms with E-state index in [0.29, 0.717) is 18.4 Å². The predicted molar refractivity (Wildman–Crippen MR) is 68.0 cm³/mol. The molecular weight excluding hydrogens is 254 g/mol. The fourth-order valence-corrected chi connectivity index (χ4v) is 1.69. The fourth-order valence-electron chi connectivity index (χ4n) is 1.69. The first-order valence-corrected chi connectivity index (χ1v) is 5.60. The highest BCUT2D eigenvalue weighted by atomic mass is 16.6. The number of hydrogen-bond acceptors (Lipinski definition) is 5. The third-order valence-corrected chi connectivity index (χ3v) is 2.39. The predicted octanol–water partition coefficient (Wildman–Crippen LogP) is 2.41. The maximum absolute atomic E-state index is 11.0. The molecule has 1 rings (SSSR count). The minimum atomic E-state index is -0.739. The molecule has 0 aliphatic heterocycles. The van der Waals surface area contributed by atoms with Gasteiger partial charge in [-0.3, -0.25) is 25.0 Å². The van der Waals surface area contributed by atoms with Gasteiger partial charge in [0, 0.05) is 19.1 Å². The molecule has 0 radical (unpaired) electrons. The van der Waals surface area contributed by atoms with E-state index in [4.69, 9.17) is 0 Å². The fraction of sp³-hybridized carbons (Fsp3) is 0.364. The molecule has 0 aliphatic carbocycles. The van der Waals surface area contributed by atoms with Crippen molar-refractivity contribution in [3.63, 3.8) is 0 Å². The van der Waals surface area contributed by atoms with Crippen LogP contribution in [-0.2, 0) is 11.2 Å². The molecule has 0 aliphatic rings. The van der Waals surface area contributed by atoms with Crippen molar-refractivity contribution >= 4 is 23.0 Å². The minimum Gasteiger partial charge on any atom is -0.315 e. The van der Waals surface area contributed by atoms with E-state index in [-0.39, 0.29) is 5.69 Å². The van der Waals surface area contributed by atoms with Gasteiger partial charge in [-0.25, -0.2) is 0 Å². The van der Waals surface area contributed by atoms with Gasteiger partial charge in [0.2, 0.25) is 5.91 Å². The third-order valence-electron chi connectivity index (χ3n) is 2.39. The Morgan fingerprint density at radius 3 is 2.00 bits per heavy atom. The molecule has 8 nitrogen and oxygen atoms in total. The van der Waals surface area contributed by atoms with Gasteiger partial charge in [0.1, 0.15) is 0 Å². The highest BCUT2D eigenvalue weighted by Crippen LogP contribution is 2.36. The molecule has 1 N–H and O–H groups in total. The van der Waals surface area contributed by atoms with E-state index >= 15 is 0 Å². The molecule has 0 atom stereocenters. The van der Waals surface area contributed by atoms with Gasteiger partial charge >= 0.3 is 0 Å². The average Bonchev–Trinajstić information content (AvgIpc) is 2.29. The Bertz CT molecular complexity index is 506. The van der Waals surface area contributed by atoms with Gasteiger partial charge in [-0.1, -0.05) is 13.3 Å². The maximum Gasteiger partial charge on any atom is 0.300 e. The molecule has 0 spiro atoms. The number of nitrogens with one attached hydrogen (secondary N) is 1. The Morgan fingerprint density at radius 1 is 1.21 bits per heavy atom. The summed E-state index contributed by atoms with van der Waals surface area (Å²) in [6, 6.07) is 2.50. The lowest BCUT2D eigenvalue weighted by Crippen LogP contribution is -2.11. The molecular formula is C11H13N3O5. The van der Waals surface area contributed by atoms with Crippen molar-refractivity contribution in [3.8, 4) is 0 Å². The Labute approximate surface area is 108 Å². The number of anilines is 1. The second-order valence-corrected chi connectivity index (χ2v) is 3.95. The molecule has 1 aromatic carbocycles. The van der Waals surface area contributed by atoms with Crippen LogP contribution in [0, 0.1) is 20.2 Å². The first-order valence-electron chi connectivity index (χ1n) is 5.60. The molecule has 0 heterocycles. The lowest BCUT2D eigenvalue weighted by molar-refractivity contribution is -0.392. The van der Waals surface area contributed by atoms with E-state index < -0.39 is 27.1 Å². The van der Waals surface area contributed by atoms with E-state index in [1.54, 1.807) is 0 Å². The standard InChI is InChI=1S/C11H13N3O5/c1-3-4-8-5-9(13(16)17)11(12-7(2)15)10(6-8)14(18)19/h5-6H,3-4H2,1-2H3,(H,12,15). The van der Waals surface area contributed by atoms with E-state index in [1.807, 2.05) is 6.92 Å². The molecule has 102 valence electrons. The van der Waals surface area contributed by atoms with E-state index in [9.17, 15) is 25.0 Å². The van der Waals surface area contributed by atoms with Crippen LogP contribution in [0.2, 0.25) is 0 Å². The summed E-state index contributed by atoms with van der Waals surface area (Å²) < 4.78 is 0. The molecule has 0 fully saturated rings. The third kappa shape index (κ3) is 3.47. The average molecular weight is 267 g/mol. The van der Waals surface area contributed by atoms with E-state index in [1.165, 1.54) is 12.1 Å². The summed E-state index contributed by atoms with van der Waals surface area (Å²) in [5.74, 6) is -0.602. The monoisotopic (exact) mass is 267 g/mol. The first kappa shape index (κ1) is 14.6. The van der Waals surface area contributed by atoms with Gasteiger partial charge in [0.05, 0.1) is 9.85 Å². The normalized spacial score (nSPS) is 10.0. The zero-order valence-corrected chi connectivity index (χ0v) is 10.5. The van der Waals surface area contributed by atoms with Crippen molar-refractivity contribution in [1.82, 2.24) is 0 Å². The Morgan fingerprint density at radius 2 is 1.68 bits per heavy atom. The van der Waals surface area contributed by atoms with Crippen molar-refractivity contribution in [3.05, 3.63) is 37.9 Å². The van der Waals surface area contributed by atoms with Crippen molar-refractivity contribution in [1.29, 1.82) is 0 Å². The van der Waals surface area contributed by atoms with E-state index in [2.05, 4.69) is 5.32 Å². The van der Waals surface area contributed by atoms with Crippen molar-refractivity contribution in [2.45, 2.75) is 26.7 Å². The van der Waals surface area contributed by atoms with Gasteiger partial charge in [0.15, 0.2) is 5.69 Å². The Kier molecular flexibility index (Phi) is 4.51. The van der Waals surface area contributed by atoms with Crippen LogP contribution in [0.1, 0.15) is 25.8 Å². The number of nitro groups is 2. The second-order valence-electron chi connectivity index (χ2n) is 3.95. The molecule has 1 amide bonds. The second kappa shape index (κ2) is 5.89. The number of rotatable bonds is 5. The Balaban J connectivity index is 3.50. The summed E-state index contributed by atoms with van der Waals surface area (Å²) in [7, 11) is 0. The quantitative estimate of drug-likeness (QED) is 0.649. The van der Waals surface area contributed by atoms with Gasteiger partial charge < -0.3 is 5.32 Å². The summed E-state index contributed by atoms with van der Waals surface area (Å²) >= 11 is 0. The number of nitrogens with zero attached hydrogens (tertiary/aromatic N) is 2. The number of benzene rings is 1. The minimum absolute atomic E-state index is 0.373. The number of amides is 1. The summed E-state index contributed by atoms with van der Waals surface area (Å²) in [4.78, 5) is 31.5. The number of hydrogen-bond donors (Lipinski definition) is 1. The molecule has 0 saturated heterocycles. The van der Waals surface area contributed by atoms with Crippen LogP contribution in [0.15, 0.2) is 12.1 Å². The molecule has 1 aromatic rings. The van der Waals surface area contributed by atoms with Crippen LogP contribution in [0.5, 0.6) is 0 Å². The topological polar surface area (TPSA) is 115 Å². The van der Waals surface area contributed by atoms with Gasteiger partial charge in [-0.05, 0) is 12.0 Å². The largest absolute Gasteiger partial charge is 0.315 e. The number of carbonyl (C=O) groups excluding carboxylic acids is 1. The van der Waals surface area contributed by atoms with Crippen molar-refractivity contribution in [2.75, 3.05) is 5.32 Å². The summed E-state index contributed by atoms with van der Waals surface area (Å²) in [6.45, 7) is 2.99. The summed E-state index contributed by atoms with van der Waals surface area (Å²) in [6.07, 6.45) is 1.19. The molecule has 0 bridgehead atoms. The van der Waals surface area contributed by atoms with Gasteiger partial charge in [-0.15, -0.1) is 0 Å². The highest BCUT2D eigenvalue weighted by Gasteiger charge is 2.27. The SMILES string of the molecule is CCCc1cc([N+](=O)[O-])c(NC(C)=O)c([N+](=O)[O-])c1. The first-order chi connectivity index (χ1) is 8.86. The smallest absolute Gasteiger partial charge is 0.300 e. The van der Waals surface area contributed by atoms with Gasteiger partial charge in [-0.2, -0.15) is 0 Å². The lowest BCUT2D eigenvalue weighted by atomic mass is 10.1. The lowest BCUT2D eigenvalue weighted by Gasteiger charge is -2.07. The molecule has 0 saturated carbocycles. The van der Waals surface area contributed by atoms with Crippen LogP contribution in [0.3, 0.4) is 0 Å². The number of carbonyl (C=O) groups is 1. The zero-order chi connectivity index (χ0) is 14.6. The maximum atomic E-state index is 11.0. The van der Waals surface area contributed by atoms with Crippen LogP contribution in [-0.4, -0.2) is 15.8 Å². The van der Waals surface area contributed by atoms with Crippen molar-refractivity contribution < 1.29 is 14.6 Å². The number of nitro benzene ring substituents is 2. The van der Waals surface area contributed by atoms with Crippen LogP contribution < -0.4 is 5.32 Å². The van der Waals surface area contributed by atoms with Crippen LogP contribution >= 0.6 is 0 Å². The van der Waals surface area contributed by atoms with Crippen LogP contribution in [0.25, 0.3) is 0 Å². The summed E-state index contributed by atoms with van der Waals surface area (Å²) in [5, 5.41) is 24.1. The van der Waals surface area contributed by atoms with Crippen LogP contribution in [0.4, 0.5) is 17.1 Å².